The Bertz CT molecular complexity index is 453. The van der Waals surface area contributed by atoms with Crippen molar-refractivity contribution in [3.63, 3.8) is 0 Å². The molecule has 0 amide bonds. The van der Waals surface area contributed by atoms with Crippen LogP contribution in [0.25, 0.3) is 0 Å². The average molecular weight is 293 g/mol. The number of hydrogen-bond donors (Lipinski definition) is 1. The molecule has 1 heterocycles. The van der Waals surface area contributed by atoms with Crippen molar-refractivity contribution in [2.24, 2.45) is 5.73 Å². The Morgan fingerprint density at radius 1 is 1.29 bits per heavy atom. The summed E-state index contributed by atoms with van der Waals surface area (Å²) in [6.07, 6.45) is 2.60. The molecule has 0 bridgehead atoms. The van der Waals surface area contributed by atoms with Gasteiger partial charge < -0.3 is 19.9 Å². The Hall–Kier alpha value is -1.10. The maximum absolute atomic E-state index is 6.29. The molecule has 21 heavy (non-hydrogen) atoms. The molecule has 1 aliphatic rings. The zero-order valence-electron chi connectivity index (χ0n) is 13.5. The van der Waals surface area contributed by atoms with E-state index in [2.05, 4.69) is 26.8 Å². The summed E-state index contributed by atoms with van der Waals surface area (Å²) in [5.41, 5.74) is 8.47. The number of aryl methyl sites for hydroxylation is 1. The van der Waals surface area contributed by atoms with E-state index in [4.69, 9.17) is 19.9 Å². The summed E-state index contributed by atoms with van der Waals surface area (Å²) in [6, 6.07) is 5.89. The van der Waals surface area contributed by atoms with Gasteiger partial charge in [-0.25, -0.2) is 0 Å². The summed E-state index contributed by atoms with van der Waals surface area (Å²) in [6.45, 7) is 6.74. The van der Waals surface area contributed by atoms with E-state index in [0.717, 1.165) is 24.2 Å². The quantitative estimate of drug-likeness (QED) is 0.907. The van der Waals surface area contributed by atoms with Crippen molar-refractivity contribution < 1.29 is 14.2 Å². The highest BCUT2D eigenvalue weighted by Gasteiger charge is 2.25. The molecule has 0 radical (unpaired) electrons. The second-order valence-electron chi connectivity index (χ2n) is 6.04. The SMILES string of the molecule is COc1ccc(C)cc1C(N)COC1CC(C)OC(C)C1. The lowest BCUT2D eigenvalue weighted by molar-refractivity contribution is -0.103. The molecule has 1 saturated heterocycles. The molecular weight excluding hydrogens is 266 g/mol. The number of rotatable bonds is 5. The van der Waals surface area contributed by atoms with Crippen molar-refractivity contribution in [1.82, 2.24) is 0 Å². The second kappa shape index (κ2) is 7.25. The summed E-state index contributed by atoms with van der Waals surface area (Å²) in [7, 11) is 1.67. The fourth-order valence-corrected chi connectivity index (χ4v) is 2.95. The van der Waals surface area contributed by atoms with E-state index in [1.807, 2.05) is 12.1 Å². The summed E-state index contributed by atoms with van der Waals surface area (Å²) in [5, 5.41) is 0. The van der Waals surface area contributed by atoms with Gasteiger partial charge in [-0.15, -0.1) is 0 Å². The molecule has 118 valence electrons. The molecular formula is C17H27NO3. The van der Waals surface area contributed by atoms with Gasteiger partial charge in [-0.1, -0.05) is 17.7 Å². The summed E-state index contributed by atoms with van der Waals surface area (Å²) in [4.78, 5) is 0. The van der Waals surface area contributed by atoms with E-state index in [-0.39, 0.29) is 24.4 Å². The number of hydrogen-bond acceptors (Lipinski definition) is 4. The maximum atomic E-state index is 6.29. The molecule has 3 unspecified atom stereocenters. The Morgan fingerprint density at radius 2 is 1.95 bits per heavy atom. The third kappa shape index (κ3) is 4.43. The first kappa shape index (κ1) is 16.3. The van der Waals surface area contributed by atoms with Gasteiger partial charge in [-0.2, -0.15) is 0 Å². The van der Waals surface area contributed by atoms with E-state index in [9.17, 15) is 0 Å². The van der Waals surface area contributed by atoms with Crippen molar-refractivity contribution in [1.29, 1.82) is 0 Å². The van der Waals surface area contributed by atoms with Gasteiger partial charge in [-0.05, 0) is 39.7 Å². The zero-order chi connectivity index (χ0) is 15.4. The first-order valence-corrected chi connectivity index (χ1v) is 7.66. The molecule has 0 aromatic heterocycles. The lowest BCUT2D eigenvalue weighted by Gasteiger charge is -2.32. The predicted octanol–water partition coefficient (Wildman–Crippen LogP) is 2.98. The van der Waals surface area contributed by atoms with Gasteiger partial charge in [0.15, 0.2) is 0 Å². The van der Waals surface area contributed by atoms with Gasteiger partial charge in [0.2, 0.25) is 0 Å². The molecule has 1 aromatic carbocycles. The standard InChI is InChI=1S/C17H27NO3/c1-11-5-6-17(19-4)15(7-11)16(18)10-20-14-8-12(2)21-13(3)9-14/h5-7,12-14,16H,8-10,18H2,1-4H3. The molecule has 4 heteroatoms. The lowest BCUT2D eigenvalue weighted by Crippen LogP contribution is -2.35. The van der Waals surface area contributed by atoms with Gasteiger partial charge in [0.1, 0.15) is 5.75 Å². The second-order valence-corrected chi connectivity index (χ2v) is 6.04. The van der Waals surface area contributed by atoms with Crippen LogP contribution in [0.4, 0.5) is 0 Å². The summed E-state index contributed by atoms with van der Waals surface area (Å²) < 4.78 is 17.1. The van der Waals surface area contributed by atoms with Crippen LogP contribution in [0.5, 0.6) is 5.75 Å². The van der Waals surface area contributed by atoms with Gasteiger partial charge in [0.05, 0.1) is 38.1 Å². The third-order valence-electron chi connectivity index (χ3n) is 3.95. The van der Waals surface area contributed by atoms with Crippen molar-refractivity contribution in [3.05, 3.63) is 29.3 Å². The third-order valence-corrected chi connectivity index (χ3v) is 3.95. The van der Waals surface area contributed by atoms with E-state index >= 15 is 0 Å². The Morgan fingerprint density at radius 3 is 2.57 bits per heavy atom. The van der Waals surface area contributed by atoms with Crippen LogP contribution in [0.15, 0.2) is 18.2 Å². The lowest BCUT2D eigenvalue weighted by atomic mass is 10.0. The van der Waals surface area contributed by atoms with Crippen LogP contribution in [0.2, 0.25) is 0 Å². The van der Waals surface area contributed by atoms with Crippen LogP contribution < -0.4 is 10.5 Å². The van der Waals surface area contributed by atoms with Crippen molar-refractivity contribution in [3.8, 4) is 5.75 Å². The Labute approximate surface area is 127 Å². The molecule has 4 nitrogen and oxygen atoms in total. The van der Waals surface area contributed by atoms with Crippen LogP contribution in [0.3, 0.4) is 0 Å². The van der Waals surface area contributed by atoms with Crippen LogP contribution in [-0.4, -0.2) is 32.0 Å². The zero-order valence-corrected chi connectivity index (χ0v) is 13.5. The van der Waals surface area contributed by atoms with Crippen LogP contribution in [-0.2, 0) is 9.47 Å². The topological polar surface area (TPSA) is 53.7 Å². The van der Waals surface area contributed by atoms with Crippen molar-refractivity contribution in [2.75, 3.05) is 13.7 Å². The smallest absolute Gasteiger partial charge is 0.123 e. The number of nitrogens with two attached hydrogens (primary N) is 1. The van der Waals surface area contributed by atoms with Crippen LogP contribution in [0, 0.1) is 6.92 Å². The van der Waals surface area contributed by atoms with E-state index in [1.54, 1.807) is 7.11 Å². The van der Waals surface area contributed by atoms with E-state index < -0.39 is 0 Å². The fraction of sp³-hybridized carbons (Fsp3) is 0.647. The average Bonchev–Trinajstić information content (AvgIpc) is 2.43. The van der Waals surface area contributed by atoms with Crippen LogP contribution in [0.1, 0.15) is 43.9 Å². The normalized spacial score (nSPS) is 27.4. The molecule has 0 aliphatic carbocycles. The molecule has 2 N–H and O–H groups in total. The fourth-order valence-electron chi connectivity index (χ4n) is 2.95. The molecule has 2 rings (SSSR count). The number of ether oxygens (including phenoxy) is 3. The molecule has 1 aromatic rings. The highest BCUT2D eigenvalue weighted by molar-refractivity contribution is 5.39. The predicted molar refractivity (Wildman–Crippen MR) is 83.6 cm³/mol. The highest BCUT2D eigenvalue weighted by atomic mass is 16.5. The minimum atomic E-state index is -0.173. The Kier molecular flexibility index (Phi) is 5.62. The molecule has 1 fully saturated rings. The summed E-state index contributed by atoms with van der Waals surface area (Å²) >= 11 is 0. The van der Waals surface area contributed by atoms with Gasteiger partial charge in [-0.3, -0.25) is 0 Å². The van der Waals surface area contributed by atoms with Crippen molar-refractivity contribution >= 4 is 0 Å². The molecule has 0 spiro atoms. The van der Waals surface area contributed by atoms with Gasteiger partial charge >= 0.3 is 0 Å². The van der Waals surface area contributed by atoms with Gasteiger partial charge in [0.25, 0.3) is 0 Å². The molecule has 3 atom stereocenters. The largest absolute Gasteiger partial charge is 0.496 e. The van der Waals surface area contributed by atoms with Gasteiger partial charge in [0, 0.05) is 5.56 Å². The maximum Gasteiger partial charge on any atom is 0.123 e. The monoisotopic (exact) mass is 293 g/mol. The first-order valence-electron chi connectivity index (χ1n) is 7.66. The Balaban J connectivity index is 1.95. The highest BCUT2D eigenvalue weighted by Crippen LogP contribution is 2.27. The number of benzene rings is 1. The minimum Gasteiger partial charge on any atom is -0.496 e. The molecule has 1 aliphatic heterocycles. The minimum absolute atomic E-state index is 0.173. The first-order chi connectivity index (χ1) is 9.99. The van der Waals surface area contributed by atoms with E-state index in [0.29, 0.717) is 6.61 Å². The number of methoxy groups -OCH3 is 1. The van der Waals surface area contributed by atoms with Crippen LogP contribution >= 0.6 is 0 Å². The van der Waals surface area contributed by atoms with E-state index in [1.165, 1.54) is 5.56 Å². The summed E-state index contributed by atoms with van der Waals surface area (Å²) in [5.74, 6) is 0.824. The molecule has 0 saturated carbocycles. The van der Waals surface area contributed by atoms with Crippen molar-refractivity contribution in [2.45, 2.75) is 58.0 Å².